The van der Waals surface area contributed by atoms with Crippen LogP contribution in [0.2, 0.25) is 0 Å². The minimum atomic E-state index is -3.28. The quantitative estimate of drug-likeness (QED) is 0.771. The van der Waals surface area contributed by atoms with Gasteiger partial charge in [-0.05, 0) is 42.3 Å². The monoisotopic (exact) mass is 416 g/mol. The predicted molar refractivity (Wildman–Crippen MR) is 110 cm³/mol. The van der Waals surface area contributed by atoms with Crippen LogP contribution in [0, 0.1) is 5.82 Å². The fraction of sp³-hybridized carbons (Fsp3) is 0.409. The van der Waals surface area contributed by atoms with Gasteiger partial charge >= 0.3 is 0 Å². The molecule has 0 bridgehead atoms. The van der Waals surface area contributed by atoms with E-state index >= 15 is 0 Å². The van der Waals surface area contributed by atoms with Gasteiger partial charge in [-0.2, -0.15) is 0 Å². The first-order valence-electron chi connectivity index (χ1n) is 9.88. The smallest absolute Gasteiger partial charge is 0.224 e. The average molecular weight is 417 g/mol. The Morgan fingerprint density at radius 3 is 2.59 bits per heavy atom. The Balaban J connectivity index is 1.66. The summed E-state index contributed by atoms with van der Waals surface area (Å²) in [5.74, 6) is -0.407. The third-order valence-electron chi connectivity index (χ3n) is 5.97. The molecule has 1 fully saturated rings. The second-order valence-electron chi connectivity index (χ2n) is 7.95. The van der Waals surface area contributed by atoms with Crippen LogP contribution in [-0.2, 0) is 21.1 Å². The molecule has 2 atom stereocenters. The number of fused-ring (bicyclic) bond motifs is 1. The van der Waals surface area contributed by atoms with Gasteiger partial charge in [-0.25, -0.2) is 12.8 Å². The predicted octanol–water partition coefficient (Wildman–Crippen LogP) is 2.42. The molecule has 0 aromatic heterocycles. The molecule has 5 nitrogen and oxygen atoms in total. The van der Waals surface area contributed by atoms with E-state index in [1.165, 1.54) is 12.1 Å². The molecule has 2 aliphatic rings. The molecule has 29 heavy (non-hydrogen) atoms. The highest BCUT2D eigenvalue weighted by Crippen LogP contribution is 2.36. The van der Waals surface area contributed by atoms with Gasteiger partial charge in [0.2, 0.25) is 5.91 Å². The second kappa shape index (κ2) is 7.88. The molecule has 2 aromatic carbocycles. The van der Waals surface area contributed by atoms with Crippen molar-refractivity contribution in [2.75, 3.05) is 32.4 Å². The van der Waals surface area contributed by atoms with Gasteiger partial charge in [0.1, 0.15) is 5.82 Å². The van der Waals surface area contributed by atoms with Gasteiger partial charge in [0.05, 0.1) is 17.0 Å². The van der Waals surface area contributed by atoms with Gasteiger partial charge < -0.3 is 9.80 Å². The minimum Gasteiger partial charge on any atom is -0.331 e. The van der Waals surface area contributed by atoms with Crippen LogP contribution in [0.25, 0.3) is 0 Å². The highest BCUT2D eigenvalue weighted by Gasteiger charge is 2.37. The summed E-state index contributed by atoms with van der Waals surface area (Å²) in [6, 6.07) is 13.8. The first-order chi connectivity index (χ1) is 13.8. The molecule has 0 saturated carbocycles. The molecule has 2 aliphatic heterocycles. The highest BCUT2D eigenvalue weighted by atomic mass is 32.2. The third kappa shape index (κ3) is 4.07. The summed E-state index contributed by atoms with van der Waals surface area (Å²) < 4.78 is 38.5. The summed E-state index contributed by atoms with van der Waals surface area (Å²) in [7, 11) is -1.40. The summed E-state index contributed by atoms with van der Waals surface area (Å²) >= 11 is 0. The van der Waals surface area contributed by atoms with Crippen molar-refractivity contribution in [3.05, 3.63) is 71.0 Å². The fourth-order valence-electron chi connectivity index (χ4n) is 4.35. The van der Waals surface area contributed by atoms with Gasteiger partial charge in [0.25, 0.3) is 0 Å². The van der Waals surface area contributed by atoms with E-state index in [0.29, 0.717) is 19.6 Å². The van der Waals surface area contributed by atoms with Crippen molar-refractivity contribution >= 4 is 15.7 Å². The fourth-order valence-corrected chi connectivity index (χ4v) is 6.12. The maximum Gasteiger partial charge on any atom is 0.224 e. The van der Waals surface area contributed by atoms with E-state index < -0.39 is 15.1 Å². The van der Waals surface area contributed by atoms with Crippen LogP contribution in [0.3, 0.4) is 0 Å². The van der Waals surface area contributed by atoms with E-state index in [0.717, 1.165) is 23.1 Å². The Morgan fingerprint density at radius 2 is 1.83 bits per heavy atom. The molecule has 7 heteroatoms. The summed E-state index contributed by atoms with van der Waals surface area (Å²) in [6.45, 7) is 1.39. The van der Waals surface area contributed by atoms with Crippen LogP contribution < -0.4 is 0 Å². The Hall–Kier alpha value is -2.25. The Bertz CT molecular complexity index is 1010. The second-order valence-corrected chi connectivity index (χ2v) is 10.3. The zero-order valence-corrected chi connectivity index (χ0v) is 17.2. The largest absolute Gasteiger partial charge is 0.331 e. The van der Waals surface area contributed by atoms with Crippen molar-refractivity contribution in [3.8, 4) is 0 Å². The zero-order valence-electron chi connectivity index (χ0n) is 16.4. The molecule has 0 aliphatic carbocycles. The van der Waals surface area contributed by atoms with Crippen LogP contribution in [0.1, 0.15) is 29.2 Å². The molecule has 154 valence electrons. The van der Waals surface area contributed by atoms with Crippen molar-refractivity contribution in [3.63, 3.8) is 0 Å². The van der Waals surface area contributed by atoms with Crippen molar-refractivity contribution in [2.24, 2.45) is 0 Å². The standard InChI is InChI=1S/C22H25FN2O3S/c1-24-12-13-29(27,28)19(15-24)14-21(26)25-11-10-16-4-2-3-5-20(16)22(25)17-6-8-18(23)9-7-17/h2-9,19,22H,10-15H2,1H3/t19?,22-/m0/s1. The minimum absolute atomic E-state index is 0.0213. The summed E-state index contributed by atoms with van der Waals surface area (Å²) in [6.07, 6.45) is 0.698. The molecule has 4 rings (SSSR count). The van der Waals surface area contributed by atoms with E-state index in [2.05, 4.69) is 0 Å². The van der Waals surface area contributed by atoms with Crippen LogP contribution in [0.5, 0.6) is 0 Å². The molecule has 1 amide bonds. The number of halogens is 1. The molecule has 1 unspecified atom stereocenters. The number of amides is 1. The molecule has 0 N–H and O–H groups in total. The zero-order chi connectivity index (χ0) is 20.6. The molecular formula is C22H25FN2O3S. The Kier molecular flexibility index (Phi) is 5.44. The van der Waals surface area contributed by atoms with E-state index in [-0.39, 0.29) is 29.9 Å². The summed E-state index contributed by atoms with van der Waals surface area (Å²) in [5.41, 5.74) is 3.01. The number of benzene rings is 2. The number of hydrogen-bond acceptors (Lipinski definition) is 4. The van der Waals surface area contributed by atoms with Crippen molar-refractivity contribution in [2.45, 2.75) is 24.1 Å². The summed E-state index contributed by atoms with van der Waals surface area (Å²) in [4.78, 5) is 17.0. The molecule has 0 spiro atoms. The maximum atomic E-state index is 13.5. The van der Waals surface area contributed by atoms with Gasteiger partial charge in [0, 0.05) is 26.1 Å². The summed E-state index contributed by atoms with van der Waals surface area (Å²) in [5, 5.41) is -0.681. The van der Waals surface area contributed by atoms with Gasteiger partial charge in [0.15, 0.2) is 9.84 Å². The molecule has 1 saturated heterocycles. The van der Waals surface area contributed by atoms with Crippen molar-refractivity contribution < 1.29 is 17.6 Å². The molecule has 2 aromatic rings. The maximum absolute atomic E-state index is 13.5. The van der Waals surface area contributed by atoms with Gasteiger partial charge in [-0.15, -0.1) is 0 Å². The topological polar surface area (TPSA) is 57.7 Å². The Labute approximate surface area is 171 Å². The van der Waals surface area contributed by atoms with E-state index in [1.807, 2.05) is 36.2 Å². The lowest BCUT2D eigenvalue weighted by Crippen LogP contribution is -2.48. The lowest BCUT2D eigenvalue weighted by molar-refractivity contribution is -0.133. The average Bonchev–Trinajstić information content (AvgIpc) is 2.71. The first kappa shape index (κ1) is 20.0. The van der Waals surface area contributed by atoms with Crippen molar-refractivity contribution in [1.29, 1.82) is 0 Å². The van der Waals surface area contributed by atoms with Gasteiger partial charge in [-0.3, -0.25) is 4.79 Å². The van der Waals surface area contributed by atoms with E-state index in [1.54, 1.807) is 17.0 Å². The number of carbonyl (C=O) groups is 1. The molecule has 2 heterocycles. The number of carbonyl (C=O) groups excluding carboxylic acids is 1. The third-order valence-corrected chi connectivity index (χ3v) is 8.06. The van der Waals surface area contributed by atoms with Crippen LogP contribution in [0.4, 0.5) is 4.39 Å². The lowest BCUT2D eigenvalue weighted by atomic mass is 9.88. The first-order valence-corrected chi connectivity index (χ1v) is 11.6. The van der Waals surface area contributed by atoms with E-state index in [9.17, 15) is 17.6 Å². The number of hydrogen-bond donors (Lipinski definition) is 0. The number of nitrogens with zero attached hydrogens (tertiary/aromatic N) is 2. The van der Waals surface area contributed by atoms with Crippen molar-refractivity contribution in [1.82, 2.24) is 9.80 Å². The molecule has 0 radical (unpaired) electrons. The normalized spacial score (nSPS) is 24.1. The SMILES string of the molecule is CN1CCS(=O)(=O)C(CC(=O)N2CCc3ccccc3[C@@H]2c2ccc(F)cc2)C1. The van der Waals surface area contributed by atoms with Crippen LogP contribution >= 0.6 is 0 Å². The number of sulfone groups is 1. The van der Waals surface area contributed by atoms with Crippen LogP contribution in [-0.4, -0.2) is 61.8 Å². The lowest BCUT2D eigenvalue weighted by Gasteiger charge is -2.39. The Morgan fingerprint density at radius 1 is 1.10 bits per heavy atom. The molecular weight excluding hydrogens is 391 g/mol. The van der Waals surface area contributed by atoms with Gasteiger partial charge in [-0.1, -0.05) is 36.4 Å². The van der Waals surface area contributed by atoms with E-state index in [4.69, 9.17) is 0 Å². The number of rotatable bonds is 3. The highest BCUT2D eigenvalue weighted by molar-refractivity contribution is 7.92. The van der Waals surface area contributed by atoms with Crippen LogP contribution in [0.15, 0.2) is 48.5 Å².